The van der Waals surface area contributed by atoms with Gasteiger partial charge in [0.1, 0.15) is 5.82 Å². The van der Waals surface area contributed by atoms with Gasteiger partial charge in [-0.3, -0.25) is 4.84 Å². The molecule has 0 spiro atoms. The van der Waals surface area contributed by atoms with Crippen molar-refractivity contribution in [1.82, 2.24) is 20.2 Å². The number of likely N-dealkylation sites (tertiary alicyclic amines) is 1. The third-order valence-electron chi connectivity index (χ3n) is 8.21. The number of hydroxylamine groups is 2. The Bertz CT molecular complexity index is 1330. The Kier molecular flexibility index (Phi) is 7.07. The normalized spacial score (nSPS) is 24.1. The van der Waals surface area contributed by atoms with Crippen molar-refractivity contribution in [1.29, 1.82) is 5.26 Å². The lowest BCUT2D eigenvalue weighted by Crippen LogP contribution is -2.51. The van der Waals surface area contributed by atoms with Gasteiger partial charge >= 0.3 is 0 Å². The first-order chi connectivity index (χ1) is 18.6. The van der Waals surface area contributed by atoms with Gasteiger partial charge in [-0.05, 0) is 61.7 Å². The Hall–Kier alpha value is -3.38. The summed E-state index contributed by atoms with van der Waals surface area (Å²) in [5, 5.41) is 16.6. The van der Waals surface area contributed by atoms with E-state index in [1.807, 2.05) is 23.3 Å². The third kappa shape index (κ3) is 5.02. The molecule has 0 aliphatic carbocycles. The molecule has 2 saturated heterocycles. The molecular weight excluding hydrogens is 479 g/mol. The molecule has 38 heavy (non-hydrogen) atoms. The lowest BCUT2D eigenvalue weighted by Gasteiger charge is -2.42. The number of rotatable bonds is 6. The summed E-state index contributed by atoms with van der Waals surface area (Å²) in [7, 11) is 2.17. The van der Waals surface area contributed by atoms with Gasteiger partial charge in [0.2, 0.25) is 0 Å². The quantitative estimate of drug-likeness (QED) is 0.626. The van der Waals surface area contributed by atoms with Crippen LogP contribution in [0.2, 0.25) is 0 Å². The highest BCUT2D eigenvalue weighted by Gasteiger charge is 2.31. The number of benzene rings is 2. The monoisotopic (exact) mass is 514 g/mol. The van der Waals surface area contributed by atoms with Gasteiger partial charge in [-0.2, -0.15) is 5.26 Å². The van der Waals surface area contributed by atoms with Crippen molar-refractivity contribution in [3.8, 4) is 6.07 Å². The van der Waals surface area contributed by atoms with Gasteiger partial charge in [-0.15, -0.1) is 0 Å². The molecule has 4 aliphatic heterocycles. The molecule has 0 bridgehead atoms. The van der Waals surface area contributed by atoms with Crippen molar-refractivity contribution in [2.45, 2.75) is 31.3 Å². The number of hydrogen-bond donors (Lipinski definition) is 1. The van der Waals surface area contributed by atoms with Crippen LogP contribution >= 0.6 is 0 Å². The fourth-order valence-corrected chi connectivity index (χ4v) is 6.12. The van der Waals surface area contributed by atoms with E-state index in [1.54, 1.807) is 6.07 Å². The number of anilines is 1. The number of fused-ring (bicyclic) bond motifs is 2. The van der Waals surface area contributed by atoms with Gasteiger partial charge in [0, 0.05) is 67.7 Å². The number of piperazine rings is 1. The van der Waals surface area contributed by atoms with Crippen molar-refractivity contribution < 1.29 is 9.23 Å². The van der Waals surface area contributed by atoms with Crippen LogP contribution in [0.15, 0.2) is 71.7 Å². The molecule has 2 aromatic rings. The second-order valence-electron chi connectivity index (χ2n) is 10.7. The molecular formula is C30H35FN6O. The third-order valence-corrected chi connectivity index (χ3v) is 8.21. The minimum Gasteiger partial charge on any atom is -0.367 e. The average molecular weight is 515 g/mol. The van der Waals surface area contributed by atoms with Crippen LogP contribution in [0.3, 0.4) is 0 Å². The summed E-state index contributed by atoms with van der Waals surface area (Å²) >= 11 is 0. The summed E-state index contributed by atoms with van der Waals surface area (Å²) in [5.41, 5.74) is 4.70. The standard InChI is InChI=1S/C30H35FN6O/c1-34-13-3-5-26(34)21-38-37-18-23-17-35(29-6-2-4-22-16-24(31)7-8-27(22)29)14-10-28(23)30(20-37)36-15-12-33-25(19-36)9-11-32/h2,4,6-8,10,16,18,20,25-26,33H,3,5,9,12-15,17,19,21H2,1H3/t25?,26-/m0/s1. The molecule has 0 amide bonds. The first-order valence-electron chi connectivity index (χ1n) is 13.6. The highest BCUT2D eigenvalue weighted by atomic mass is 19.1. The van der Waals surface area contributed by atoms with E-state index in [4.69, 9.17) is 4.84 Å². The topological polar surface area (TPSA) is 58.0 Å². The van der Waals surface area contributed by atoms with Gasteiger partial charge in [0.05, 0.1) is 31.0 Å². The minimum absolute atomic E-state index is 0.155. The number of allylic oxidation sites excluding steroid dienone is 1. The fourth-order valence-electron chi connectivity index (χ4n) is 6.12. The van der Waals surface area contributed by atoms with Crippen LogP contribution in [0.5, 0.6) is 0 Å². The molecule has 4 heterocycles. The molecule has 2 atom stereocenters. The number of nitrogens with one attached hydrogen (secondary N) is 1. The van der Waals surface area contributed by atoms with Crippen molar-refractivity contribution in [3.63, 3.8) is 0 Å². The van der Waals surface area contributed by atoms with E-state index in [9.17, 15) is 9.65 Å². The Labute approximate surface area is 224 Å². The van der Waals surface area contributed by atoms with E-state index in [-0.39, 0.29) is 11.9 Å². The summed E-state index contributed by atoms with van der Waals surface area (Å²) in [4.78, 5) is 13.5. The molecule has 8 heteroatoms. The minimum atomic E-state index is -0.216. The van der Waals surface area contributed by atoms with Crippen molar-refractivity contribution >= 4 is 16.5 Å². The number of nitrogens with zero attached hydrogens (tertiary/aromatic N) is 5. The summed E-state index contributed by atoms with van der Waals surface area (Å²) in [6, 6.07) is 14.0. The SMILES string of the molecule is CN1CCC[C@H]1CON1C=C2CN(c3cccc4cc(F)ccc34)CC=C2C(N2CCNC(CC#N)C2)=C1. The van der Waals surface area contributed by atoms with Crippen molar-refractivity contribution in [2.75, 3.05) is 57.8 Å². The van der Waals surface area contributed by atoms with Gasteiger partial charge < -0.3 is 20.0 Å². The second kappa shape index (κ2) is 10.8. The van der Waals surface area contributed by atoms with E-state index < -0.39 is 0 Å². The number of halogens is 1. The Morgan fingerprint density at radius 1 is 1.16 bits per heavy atom. The molecule has 0 saturated carbocycles. The van der Waals surface area contributed by atoms with Crippen LogP contribution in [-0.4, -0.2) is 79.9 Å². The maximum atomic E-state index is 13.9. The summed E-state index contributed by atoms with van der Waals surface area (Å²) in [5.74, 6) is -0.216. The molecule has 1 N–H and O–H groups in total. The lowest BCUT2D eigenvalue weighted by molar-refractivity contribution is -0.100. The highest BCUT2D eigenvalue weighted by molar-refractivity contribution is 5.94. The molecule has 2 fully saturated rings. The average Bonchev–Trinajstić information content (AvgIpc) is 3.35. The zero-order valence-electron chi connectivity index (χ0n) is 21.9. The molecule has 4 aliphatic rings. The summed E-state index contributed by atoms with van der Waals surface area (Å²) in [6.45, 7) is 5.80. The lowest BCUT2D eigenvalue weighted by atomic mass is 9.95. The zero-order chi connectivity index (χ0) is 26.1. The highest BCUT2D eigenvalue weighted by Crippen LogP contribution is 2.36. The van der Waals surface area contributed by atoms with E-state index in [0.717, 1.165) is 67.8 Å². The predicted molar refractivity (Wildman–Crippen MR) is 147 cm³/mol. The maximum Gasteiger partial charge on any atom is 0.123 e. The summed E-state index contributed by atoms with van der Waals surface area (Å²) in [6.07, 6.45) is 9.41. The maximum absolute atomic E-state index is 13.9. The Morgan fingerprint density at radius 2 is 2.08 bits per heavy atom. The van der Waals surface area contributed by atoms with Crippen LogP contribution in [0.25, 0.3) is 10.8 Å². The van der Waals surface area contributed by atoms with Crippen molar-refractivity contribution in [2.24, 2.45) is 0 Å². The molecule has 0 radical (unpaired) electrons. The van der Waals surface area contributed by atoms with E-state index >= 15 is 0 Å². The molecule has 1 unspecified atom stereocenters. The van der Waals surface area contributed by atoms with E-state index in [0.29, 0.717) is 19.1 Å². The van der Waals surface area contributed by atoms with Gasteiger partial charge in [-0.25, -0.2) is 9.45 Å². The summed E-state index contributed by atoms with van der Waals surface area (Å²) < 4.78 is 13.9. The predicted octanol–water partition coefficient (Wildman–Crippen LogP) is 3.98. The first-order valence-corrected chi connectivity index (χ1v) is 13.6. The van der Waals surface area contributed by atoms with Gasteiger partial charge in [0.25, 0.3) is 0 Å². The second-order valence-corrected chi connectivity index (χ2v) is 10.7. The number of hydrogen-bond acceptors (Lipinski definition) is 7. The fraction of sp³-hybridized carbons (Fsp3) is 0.433. The van der Waals surface area contributed by atoms with Crippen LogP contribution in [0.4, 0.5) is 10.1 Å². The van der Waals surface area contributed by atoms with Gasteiger partial charge in [0.15, 0.2) is 0 Å². The molecule has 6 rings (SSSR count). The van der Waals surface area contributed by atoms with Gasteiger partial charge in [-0.1, -0.05) is 18.2 Å². The van der Waals surface area contributed by atoms with Crippen LogP contribution < -0.4 is 10.2 Å². The van der Waals surface area contributed by atoms with Crippen LogP contribution in [0, 0.1) is 17.1 Å². The first kappa shape index (κ1) is 24.9. The van der Waals surface area contributed by atoms with E-state index in [2.05, 4.69) is 57.7 Å². The Morgan fingerprint density at radius 3 is 2.92 bits per heavy atom. The largest absolute Gasteiger partial charge is 0.367 e. The molecule has 198 valence electrons. The van der Waals surface area contributed by atoms with E-state index in [1.165, 1.54) is 23.6 Å². The number of likely N-dealkylation sites (N-methyl/N-ethyl adjacent to an activating group) is 1. The molecule has 7 nitrogen and oxygen atoms in total. The number of nitriles is 1. The smallest absolute Gasteiger partial charge is 0.123 e. The molecule has 0 aromatic heterocycles. The zero-order valence-corrected chi connectivity index (χ0v) is 21.9. The van der Waals surface area contributed by atoms with Crippen LogP contribution in [0.1, 0.15) is 19.3 Å². The van der Waals surface area contributed by atoms with Crippen LogP contribution in [-0.2, 0) is 4.84 Å². The Balaban J connectivity index is 1.29. The molecule has 2 aromatic carbocycles. The van der Waals surface area contributed by atoms with Crippen molar-refractivity contribution in [3.05, 3.63) is 77.5 Å².